The number of anilines is 1. The number of nitrogens with one attached hydrogen (secondary N) is 4. The summed E-state index contributed by atoms with van der Waals surface area (Å²) < 4.78 is -0.0398. The molecule has 12 nitrogen and oxygen atoms in total. The van der Waals surface area contributed by atoms with Crippen LogP contribution < -0.4 is 27.0 Å². The average Bonchev–Trinajstić information content (AvgIpc) is 3.63. The molecule has 1 aromatic heterocycles. The molecule has 1 aromatic carbocycles. The minimum absolute atomic E-state index is 0.0398. The van der Waals surface area contributed by atoms with E-state index >= 15 is 0 Å². The smallest absolute Gasteiger partial charge is 0.312 e. The second-order valence-electron chi connectivity index (χ2n) is 14.3. The van der Waals surface area contributed by atoms with Crippen LogP contribution in [0, 0.1) is 12.8 Å². The molecule has 14 heteroatoms. The minimum atomic E-state index is -0.939. The Morgan fingerprint density at radius 3 is 2.38 bits per heavy atom. The number of nitrogens with zero attached hydrogens (tertiary/aromatic N) is 1. The first kappa shape index (κ1) is 43.5. The highest BCUT2D eigenvalue weighted by molar-refractivity contribution is 8.02. The average molecular weight is 771 g/mol. The molecule has 1 aliphatic heterocycles. The zero-order valence-corrected chi connectivity index (χ0v) is 33.7. The van der Waals surface area contributed by atoms with Crippen LogP contribution in [0.3, 0.4) is 0 Å². The second-order valence-corrected chi connectivity index (χ2v) is 17.5. The third-order valence-electron chi connectivity index (χ3n) is 9.65. The van der Waals surface area contributed by atoms with Gasteiger partial charge in [-0.3, -0.25) is 28.9 Å². The van der Waals surface area contributed by atoms with E-state index in [1.54, 1.807) is 29.2 Å². The monoisotopic (exact) mass is 770 g/mol. The van der Waals surface area contributed by atoms with Crippen molar-refractivity contribution >= 4 is 64.4 Å². The van der Waals surface area contributed by atoms with Gasteiger partial charge in [0.2, 0.25) is 29.5 Å². The maximum absolute atomic E-state index is 13.6. The van der Waals surface area contributed by atoms with Gasteiger partial charge in [0.05, 0.1) is 5.25 Å². The van der Waals surface area contributed by atoms with Gasteiger partial charge in [-0.2, -0.15) is 0 Å². The van der Waals surface area contributed by atoms with Crippen LogP contribution in [-0.2, 0) is 30.4 Å². The number of hydrogen-bond acceptors (Lipinski definition) is 8. The number of carbonyl (C=O) groups excluding carboxylic acids is 6. The molecule has 7 amide bonds. The van der Waals surface area contributed by atoms with Crippen molar-refractivity contribution in [1.29, 1.82) is 0 Å². The number of urea groups is 1. The number of rotatable bonds is 22. The van der Waals surface area contributed by atoms with E-state index in [1.165, 1.54) is 14.7 Å². The molecule has 6 N–H and O–H groups in total. The van der Waals surface area contributed by atoms with Gasteiger partial charge >= 0.3 is 6.03 Å². The summed E-state index contributed by atoms with van der Waals surface area (Å²) in [5, 5.41) is 10.8. The van der Waals surface area contributed by atoms with E-state index in [0.29, 0.717) is 37.9 Å². The Kier molecular flexibility index (Phi) is 17.3. The Balaban J connectivity index is 1.53. The molecule has 0 radical (unpaired) electrons. The van der Waals surface area contributed by atoms with Crippen LogP contribution in [0.25, 0.3) is 0 Å². The molecule has 0 aliphatic carbocycles. The van der Waals surface area contributed by atoms with E-state index in [0.717, 1.165) is 24.8 Å². The molecule has 3 rings (SSSR count). The number of carbonyl (C=O) groups is 6. The number of primary amides is 1. The maximum atomic E-state index is 13.6. The van der Waals surface area contributed by atoms with Crippen molar-refractivity contribution in [3.05, 3.63) is 51.7 Å². The highest BCUT2D eigenvalue weighted by Gasteiger charge is 2.41. The second kappa shape index (κ2) is 21.1. The molecule has 1 fully saturated rings. The van der Waals surface area contributed by atoms with Crippen molar-refractivity contribution in [2.45, 2.75) is 128 Å². The van der Waals surface area contributed by atoms with Crippen molar-refractivity contribution in [3.63, 3.8) is 0 Å². The lowest BCUT2D eigenvalue weighted by atomic mass is 10.0. The van der Waals surface area contributed by atoms with Gasteiger partial charge in [-0.05, 0) is 81.2 Å². The van der Waals surface area contributed by atoms with E-state index in [-0.39, 0.29) is 59.4 Å². The van der Waals surface area contributed by atoms with Crippen molar-refractivity contribution in [2.75, 3.05) is 18.4 Å². The zero-order valence-electron chi connectivity index (χ0n) is 32.0. The largest absolute Gasteiger partial charge is 0.352 e. The predicted molar refractivity (Wildman–Crippen MR) is 213 cm³/mol. The van der Waals surface area contributed by atoms with Crippen LogP contribution in [0.2, 0.25) is 0 Å². The summed E-state index contributed by atoms with van der Waals surface area (Å²) in [6.45, 7) is 12.6. The standard InChI is InChI=1S/C39H58N6O6S2/c1-7-39(6,8-2)53-31-24-33(47)45(37(31)50)21-11-9-10-17-32(46)44-34(25(3)4)36(49)43-30(16-13-20-41-38(40)51)35(48)42-28-15-12-14-27(22-28)23-29-19-18-26(5)52-29/h12,14-15,18-19,22,25,30-31,34H,7-11,13,16-17,20-21,23-24H2,1-6H3,(H,42,48)(H,43,49)(H,44,46)(H3,40,41,51)/t30-,31?,34-/m0/s1. The van der Waals surface area contributed by atoms with Gasteiger partial charge in [-0.25, -0.2) is 4.79 Å². The molecule has 1 unspecified atom stereocenters. The molecular formula is C39H58N6O6S2. The number of imide groups is 1. The first-order valence-electron chi connectivity index (χ1n) is 18.7. The molecule has 3 atom stereocenters. The van der Waals surface area contributed by atoms with Crippen LogP contribution in [0.4, 0.5) is 10.5 Å². The highest BCUT2D eigenvalue weighted by Crippen LogP contribution is 2.39. The van der Waals surface area contributed by atoms with Gasteiger partial charge < -0.3 is 27.0 Å². The SMILES string of the molecule is CCC(C)(CC)SC1CC(=O)N(CCCCCC(=O)N[C@H](C(=O)N[C@@H](CCCNC(N)=O)C(=O)Nc2cccc(Cc3ccc(C)s3)c2)C(C)C)C1=O. The van der Waals surface area contributed by atoms with Gasteiger partial charge in [-0.1, -0.05) is 53.2 Å². The van der Waals surface area contributed by atoms with Gasteiger partial charge in [0.1, 0.15) is 12.1 Å². The fraction of sp³-hybridized carbons (Fsp3) is 0.590. The molecule has 2 heterocycles. The minimum Gasteiger partial charge on any atom is -0.352 e. The number of unbranched alkanes of at least 4 members (excludes halogenated alkanes) is 2. The quantitative estimate of drug-likeness (QED) is 0.0757. The Labute approximate surface area is 322 Å². The maximum Gasteiger partial charge on any atom is 0.312 e. The number of aryl methyl sites for hydroxylation is 1. The van der Waals surface area contributed by atoms with Crippen molar-refractivity contribution < 1.29 is 28.8 Å². The molecule has 0 spiro atoms. The van der Waals surface area contributed by atoms with Crippen molar-refractivity contribution in [1.82, 2.24) is 20.9 Å². The molecule has 1 aliphatic rings. The summed E-state index contributed by atoms with van der Waals surface area (Å²) in [6.07, 6.45) is 5.33. The van der Waals surface area contributed by atoms with Crippen LogP contribution in [0.15, 0.2) is 36.4 Å². The number of hydrogen-bond donors (Lipinski definition) is 5. The first-order chi connectivity index (χ1) is 25.1. The van der Waals surface area contributed by atoms with Crippen LogP contribution >= 0.6 is 23.1 Å². The number of thioether (sulfide) groups is 1. The number of amides is 7. The van der Waals surface area contributed by atoms with Crippen LogP contribution in [-0.4, -0.2) is 75.6 Å². The summed E-state index contributed by atoms with van der Waals surface area (Å²) in [5.41, 5.74) is 6.82. The number of thiophene rings is 1. The van der Waals surface area contributed by atoms with E-state index in [1.807, 2.05) is 32.0 Å². The van der Waals surface area contributed by atoms with Crippen molar-refractivity contribution in [2.24, 2.45) is 11.7 Å². The Hall–Kier alpha value is -3.91. The van der Waals surface area contributed by atoms with Crippen LogP contribution in [0.1, 0.15) is 108 Å². The van der Waals surface area contributed by atoms with E-state index < -0.39 is 29.9 Å². The summed E-state index contributed by atoms with van der Waals surface area (Å²) in [6, 6.07) is 9.23. The molecule has 53 heavy (non-hydrogen) atoms. The molecular weight excluding hydrogens is 713 g/mol. The Bertz CT molecular complexity index is 1570. The normalized spacial score (nSPS) is 15.7. The molecule has 2 aromatic rings. The van der Waals surface area contributed by atoms with E-state index in [2.05, 4.69) is 61.1 Å². The highest BCUT2D eigenvalue weighted by atomic mass is 32.2. The van der Waals surface area contributed by atoms with Gasteiger partial charge in [0.25, 0.3) is 0 Å². The zero-order chi connectivity index (χ0) is 39.1. The Morgan fingerprint density at radius 2 is 1.74 bits per heavy atom. The van der Waals surface area contributed by atoms with E-state index in [9.17, 15) is 28.8 Å². The fourth-order valence-electron chi connectivity index (χ4n) is 6.07. The molecule has 0 bridgehead atoms. The summed E-state index contributed by atoms with van der Waals surface area (Å²) in [4.78, 5) is 80.6. The van der Waals surface area contributed by atoms with Crippen molar-refractivity contribution in [3.8, 4) is 0 Å². The van der Waals surface area contributed by atoms with E-state index in [4.69, 9.17) is 5.73 Å². The number of likely N-dealkylation sites (tertiary alicyclic amines) is 1. The molecule has 0 saturated carbocycles. The predicted octanol–water partition coefficient (Wildman–Crippen LogP) is 5.66. The molecule has 292 valence electrons. The lowest BCUT2D eigenvalue weighted by molar-refractivity contribution is -0.138. The third kappa shape index (κ3) is 14.1. The first-order valence-corrected chi connectivity index (χ1v) is 20.4. The summed E-state index contributed by atoms with van der Waals surface area (Å²) in [5.74, 6) is -1.73. The van der Waals surface area contributed by atoms with Gasteiger partial charge in [-0.15, -0.1) is 23.1 Å². The summed E-state index contributed by atoms with van der Waals surface area (Å²) >= 11 is 3.32. The van der Waals surface area contributed by atoms with Gasteiger partial charge in [0.15, 0.2) is 0 Å². The van der Waals surface area contributed by atoms with Gasteiger partial charge in [0, 0.05) is 52.5 Å². The number of nitrogens with two attached hydrogens (primary N) is 1. The lowest BCUT2D eigenvalue weighted by Crippen LogP contribution is -2.54. The Morgan fingerprint density at radius 1 is 1.00 bits per heavy atom. The topological polar surface area (TPSA) is 180 Å². The molecule has 1 saturated heterocycles. The summed E-state index contributed by atoms with van der Waals surface area (Å²) in [7, 11) is 0. The third-order valence-corrected chi connectivity index (χ3v) is 12.4. The lowest BCUT2D eigenvalue weighted by Gasteiger charge is -2.28. The fourth-order valence-corrected chi connectivity index (χ4v) is 8.47. The number of benzene rings is 1. The van der Waals surface area contributed by atoms with Crippen LogP contribution in [0.5, 0.6) is 0 Å².